The van der Waals surface area contributed by atoms with Gasteiger partial charge in [-0.3, -0.25) is 4.79 Å². The Bertz CT molecular complexity index is 1010. The Hall–Kier alpha value is -2.49. The van der Waals surface area contributed by atoms with E-state index >= 15 is 0 Å². The summed E-state index contributed by atoms with van der Waals surface area (Å²) in [4.78, 5) is 12.8. The van der Waals surface area contributed by atoms with Gasteiger partial charge in [-0.1, -0.05) is 23.2 Å². The fraction of sp³-hybridized carbons (Fsp3) is 0.300. The molecule has 2 aromatic carbocycles. The van der Waals surface area contributed by atoms with E-state index in [9.17, 15) is 23.1 Å². The van der Waals surface area contributed by atoms with E-state index < -0.39 is 30.3 Å². The highest BCUT2D eigenvalue weighted by Gasteiger charge is 2.63. The number of alkyl halides is 3. The number of amides is 1. The molecule has 11 heteroatoms. The molecular formula is C20H17Cl2F3N2O4. The number of ether oxygens (including phenoxy) is 2. The minimum absolute atomic E-state index is 0.0149. The zero-order chi connectivity index (χ0) is 23.0. The van der Waals surface area contributed by atoms with Gasteiger partial charge in [0.1, 0.15) is 11.5 Å². The molecular weight excluding hydrogens is 460 g/mol. The van der Waals surface area contributed by atoms with Crippen molar-refractivity contribution < 1.29 is 32.5 Å². The van der Waals surface area contributed by atoms with Gasteiger partial charge in [0.15, 0.2) is 6.10 Å². The van der Waals surface area contributed by atoms with E-state index in [1.165, 1.54) is 56.5 Å². The smallest absolute Gasteiger partial charge is 0.438 e. The zero-order valence-electron chi connectivity index (χ0n) is 16.3. The van der Waals surface area contributed by atoms with Crippen LogP contribution < -0.4 is 9.47 Å². The predicted octanol–water partition coefficient (Wildman–Crippen LogP) is 4.66. The van der Waals surface area contributed by atoms with Gasteiger partial charge in [0.2, 0.25) is 0 Å². The summed E-state index contributed by atoms with van der Waals surface area (Å²) >= 11 is 11.8. The van der Waals surface area contributed by atoms with E-state index in [1.807, 2.05) is 0 Å². The first-order valence-corrected chi connectivity index (χ1v) is 9.68. The minimum Gasteiger partial charge on any atom is -0.497 e. The SMILES string of the molecule is COc1ccc(C2=NN(C(=O)[C@@H](C)Oc3ccc(Cl)cc3Cl)[C@@](O)(C(F)(F)F)C2)cc1. The van der Waals surface area contributed by atoms with E-state index in [2.05, 4.69) is 5.10 Å². The lowest BCUT2D eigenvalue weighted by molar-refractivity contribution is -0.303. The van der Waals surface area contributed by atoms with Crippen LogP contribution in [0, 0.1) is 0 Å². The van der Waals surface area contributed by atoms with E-state index in [0.717, 1.165) is 0 Å². The van der Waals surface area contributed by atoms with Gasteiger partial charge in [-0.2, -0.15) is 23.3 Å². The molecule has 0 aromatic heterocycles. The Morgan fingerprint density at radius 1 is 1.23 bits per heavy atom. The Labute approximate surface area is 185 Å². The molecule has 31 heavy (non-hydrogen) atoms. The maximum absolute atomic E-state index is 13.7. The van der Waals surface area contributed by atoms with Crippen LogP contribution in [-0.4, -0.2) is 46.8 Å². The van der Waals surface area contributed by atoms with Crippen LogP contribution in [0.1, 0.15) is 18.9 Å². The number of halogens is 5. The number of benzene rings is 2. The van der Waals surface area contributed by atoms with Gasteiger partial charge in [-0.15, -0.1) is 0 Å². The quantitative estimate of drug-likeness (QED) is 0.681. The van der Waals surface area contributed by atoms with Crippen LogP contribution in [0.5, 0.6) is 11.5 Å². The zero-order valence-corrected chi connectivity index (χ0v) is 17.8. The number of methoxy groups -OCH3 is 1. The molecule has 1 amide bonds. The van der Waals surface area contributed by atoms with Crippen LogP contribution in [-0.2, 0) is 4.79 Å². The number of hydrogen-bond acceptors (Lipinski definition) is 5. The van der Waals surface area contributed by atoms with E-state index in [4.69, 9.17) is 32.7 Å². The topological polar surface area (TPSA) is 71.4 Å². The van der Waals surface area contributed by atoms with Crippen LogP contribution in [0.2, 0.25) is 10.0 Å². The van der Waals surface area contributed by atoms with Crippen molar-refractivity contribution in [2.75, 3.05) is 7.11 Å². The highest BCUT2D eigenvalue weighted by atomic mass is 35.5. The third-order valence-corrected chi connectivity index (χ3v) is 5.15. The van der Waals surface area contributed by atoms with Gasteiger partial charge in [0, 0.05) is 5.02 Å². The second-order valence-electron chi connectivity index (χ2n) is 6.75. The van der Waals surface area contributed by atoms with Gasteiger partial charge in [0.25, 0.3) is 11.6 Å². The summed E-state index contributed by atoms with van der Waals surface area (Å²) in [5.41, 5.74) is -3.35. The summed E-state index contributed by atoms with van der Waals surface area (Å²) in [7, 11) is 1.44. The van der Waals surface area contributed by atoms with Gasteiger partial charge < -0.3 is 14.6 Å². The lowest BCUT2D eigenvalue weighted by Crippen LogP contribution is -2.58. The lowest BCUT2D eigenvalue weighted by Gasteiger charge is -2.33. The molecule has 1 N–H and O–H groups in total. The van der Waals surface area contributed by atoms with Crippen molar-refractivity contribution in [2.45, 2.75) is 31.3 Å². The largest absolute Gasteiger partial charge is 0.497 e. The number of aliphatic hydroxyl groups is 1. The van der Waals surface area contributed by atoms with Crippen LogP contribution in [0.25, 0.3) is 0 Å². The molecule has 0 unspecified atom stereocenters. The average molecular weight is 477 g/mol. The molecule has 0 aliphatic carbocycles. The highest BCUT2D eigenvalue weighted by Crippen LogP contribution is 2.42. The van der Waals surface area contributed by atoms with Crippen LogP contribution >= 0.6 is 23.2 Å². The van der Waals surface area contributed by atoms with Gasteiger partial charge in [-0.25, -0.2) is 0 Å². The summed E-state index contributed by atoms with van der Waals surface area (Å²) < 4.78 is 51.7. The summed E-state index contributed by atoms with van der Waals surface area (Å²) in [6.45, 7) is 1.23. The Balaban J connectivity index is 1.91. The molecule has 166 valence electrons. The van der Waals surface area contributed by atoms with Gasteiger partial charge in [-0.05, 0) is 55.0 Å². The number of carbonyl (C=O) groups is 1. The van der Waals surface area contributed by atoms with Crippen molar-refractivity contribution in [3.05, 3.63) is 58.1 Å². The molecule has 2 atom stereocenters. The summed E-state index contributed by atoms with van der Waals surface area (Å²) in [5.74, 6) is -0.668. The molecule has 0 spiro atoms. The first-order chi connectivity index (χ1) is 14.5. The Morgan fingerprint density at radius 2 is 1.87 bits per heavy atom. The van der Waals surface area contributed by atoms with E-state index in [0.29, 0.717) is 16.3 Å². The standard InChI is InChI=1S/C20H17Cl2F3N2O4/c1-11(31-17-8-5-13(21)9-15(17)22)18(28)27-19(29,20(23,24)25)10-16(26-27)12-3-6-14(30-2)7-4-12/h3-9,11,29H,10H2,1-2H3/t11-,19+/m1/s1. The van der Waals surface area contributed by atoms with Crippen molar-refractivity contribution >= 4 is 34.8 Å². The number of rotatable bonds is 5. The van der Waals surface area contributed by atoms with Crippen molar-refractivity contribution in [3.8, 4) is 11.5 Å². The maximum Gasteiger partial charge on any atom is 0.438 e. The average Bonchev–Trinajstić information content (AvgIpc) is 3.08. The number of carbonyl (C=O) groups excluding carboxylic acids is 1. The fourth-order valence-electron chi connectivity index (χ4n) is 2.93. The van der Waals surface area contributed by atoms with E-state index in [-0.39, 0.29) is 21.5 Å². The molecule has 6 nitrogen and oxygen atoms in total. The predicted molar refractivity (Wildman–Crippen MR) is 109 cm³/mol. The molecule has 1 aliphatic rings. The van der Waals surface area contributed by atoms with Gasteiger partial charge in [0.05, 0.1) is 24.3 Å². The van der Waals surface area contributed by atoms with Crippen LogP contribution in [0.4, 0.5) is 13.2 Å². The first-order valence-electron chi connectivity index (χ1n) is 8.93. The van der Waals surface area contributed by atoms with Crippen LogP contribution in [0.3, 0.4) is 0 Å². The molecule has 1 heterocycles. The van der Waals surface area contributed by atoms with Crippen molar-refractivity contribution in [1.29, 1.82) is 0 Å². The van der Waals surface area contributed by atoms with Crippen molar-refractivity contribution in [1.82, 2.24) is 5.01 Å². The number of nitrogens with zero attached hydrogens (tertiary/aromatic N) is 2. The highest BCUT2D eigenvalue weighted by molar-refractivity contribution is 6.35. The maximum atomic E-state index is 13.7. The summed E-state index contributed by atoms with van der Waals surface area (Å²) in [6, 6.07) is 10.2. The molecule has 0 radical (unpaired) electrons. The second kappa shape index (κ2) is 8.57. The molecule has 0 saturated heterocycles. The molecule has 2 aromatic rings. The number of hydrogen-bond donors (Lipinski definition) is 1. The third kappa shape index (κ3) is 4.58. The van der Waals surface area contributed by atoms with Gasteiger partial charge >= 0.3 is 6.18 Å². The summed E-state index contributed by atoms with van der Waals surface area (Å²) in [5, 5.41) is 14.6. The van der Waals surface area contributed by atoms with Crippen molar-refractivity contribution in [3.63, 3.8) is 0 Å². The number of hydrazone groups is 1. The van der Waals surface area contributed by atoms with Crippen molar-refractivity contribution in [2.24, 2.45) is 5.10 Å². The Morgan fingerprint density at radius 3 is 2.42 bits per heavy atom. The fourth-order valence-corrected chi connectivity index (χ4v) is 3.38. The third-order valence-electron chi connectivity index (χ3n) is 4.62. The summed E-state index contributed by atoms with van der Waals surface area (Å²) in [6.07, 6.45) is -7.55. The molecule has 3 rings (SSSR count). The minimum atomic E-state index is -5.17. The second-order valence-corrected chi connectivity index (χ2v) is 7.59. The molecule has 0 bridgehead atoms. The van der Waals surface area contributed by atoms with E-state index in [1.54, 1.807) is 0 Å². The molecule has 0 saturated carbocycles. The Kier molecular flexibility index (Phi) is 6.40. The monoisotopic (exact) mass is 476 g/mol. The molecule has 1 aliphatic heterocycles. The lowest BCUT2D eigenvalue weighted by atomic mass is 10.0. The van der Waals surface area contributed by atoms with Crippen LogP contribution in [0.15, 0.2) is 47.6 Å². The normalized spacial score (nSPS) is 19.7. The first kappa shape index (κ1) is 23.2. The molecule has 0 fully saturated rings.